The lowest BCUT2D eigenvalue weighted by molar-refractivity contribution is -0.144. The summed E-state index contributed by atoms with van der Waals surface area (Å²) in [7, 11) is -1.75. The number of rotatable bonds is 9. The van der Waals surface area contributed by atoms with E-state index in [2.05, 4.69) is 21.8 Å². The van der Waals surface area contributed by atoms with Crippen LogP contribution < -0.4 is 26.0 Å². The number of carbonyl (C=O) groups excluding carboxylic acids is 1. The molecular formula is C43H34F12N3O2P. The SMILES string of the molecule is C=CC1CN2CCC1CC2[C@@H](NC(=O)c1ccccc1P(c1cc(C(F)(F)F)cc(C(F)(F)F)c1)c1cc(C(F)(F)F)cc(C(F)(F)F)c1)c1ccnc2ccc(OC)cc12. The highest BCUT2D eigenvalue weighted by Gasteiger charge is 2.45. The number of halogens is 12. The average molecular weight is 884 g/mol. The number of nitrogens with one attached hydrogen (secondary N) is 1. The van der Waals surface area contributed by atoms with Gasteiger partial charge in [0.05, 0.1) is 40.9 Å². The van der Waals surface area contributed by atoms with Gasteiger partial charge in [-0.15, -0.1) is 6.58 Å². The van der Waals surface area contributed by atoms with Crippen LogP contribution in [0.5, 0.6) is 5.75 Å². The molecular weight excluding hydrogens is 849 g/mol. The number of amides is 1. The highest BCUT2D eigenvalue weighted by Crippen LogP contribution is 2.45. The van der Waals surface area contributed by atoms with E-state index < -0.39 is 88.3 Å². The zero-order valence-electron chi connectivity index (χ0n) is 31.8. The molecule has 2 bridgehead atoms. The van der Waals surface area contributed by atoms with Crippen molar-refractivity contribution in [1.29, 1.82) is 0 Å². The Bertz CT molecular complexity index is 2330. The smallest absolute Gasteiger partial charge is 0.416 e. The second kappa shape index (κ2) is 16.3. The topological polar surface area (TPSA) is 54.5 Å². The fourth-order valence-corrected chi connectivity index (χ4v) is 10.9. The van der Waals surface area contributed by atoms with Crippen molar-refractivity contribution in [3.05, 3.63) is 137 Å². The molecule has 0 saturated carbocycles. The monoisotopic (exact) mass is 883 g/mol. The largest absolute Gasteiger partial charge is 0.497 e. The molecule has 4 aromatic carbocycles. The molecule has 8 rings (SSSR count). The molecule has 4 unspecified atom stereocenters. The molecule has 18 heteroatoms. The van der Waals surface area contributed by atoms with Crippen LogP contribution in [-0.2, 0) is 24.7 Å². The van der Waals surface area contributed by atoms with Gasteiger partial charge in [0.2, 0.25) is 0 Å². The molecule has 0 aliphatic carbocycles. The summed E-state index contributed by atoms with van der Waals surface area (Å²) in [5.74, 6) is -0.168. The first-order chi connectivity index (χ1) is 28.6. The Hall–Kier alpha value is -5.15. The number of nitrogens with zero attached hydrogens (tertiary/aromatic N) is 2. The third kappa shape index (κ3) is 9.09. The Balaban J connectivity index is 1.44. The third-order valence-corrected chi connectivity index (χ3v) is 13.6. The molecule has 1 amide bonds. The lowest BCUT2D eigenvalue weighted by Crippen LogP contribution is -2.57. The predicted octanol–water partition coefficient (Wildman–Crippen LogP) is 10.4. The van der Waals surface area contributed by atoms with Crippen molar-refractivity contribution in [3.8, 4) is 5.75 Å². The first-order valence-electron chi connectivity index (χ1n) is 18.6. The van der Waals surface area contributed by atoms with E-state index in [1.807, 2.05) is 6.08 Å². The fraction of sp³-hybridized carbons (Fsp3) is 0.302. The van der Waals surface area contributed by atoms with Crippen LogP contribution in [0.2, 0.25) is 0 Å². The van der Waals surface area contributed by atoms with E-state index in [4.69, 9.17) is 4.74 Å². The van der Waals surface area contributed by atoms with Gasteiger partial charge in [-0.3, -0.25) is 14.7 Å². The summed E-state index contributed by atoms with van der Waals surface area (Å²) in [4.78, 5) is 21.5. The van der Waals surface area contributed by atoms with E-state index in [9.17, 15) is 57.5 Å². The van der Waals surface area contributed by atoms with Gasteiger partial charge in [0, 0.05) is 29.7 Å². The van der Waals surface area contributed by atoms with E-state index in [0.29, 0.717) is 41.7 Å². The normalized spacial score (nSPS) is 20.2. The van der Waals surface area contributed by atoms with Gasteiger partial charge in [-0.25, -0.2) is 0 Å². The van der Waals surface area contributed by atoms with Crippen LogP contribution in [0.1, 0.15) is 57.1 Å². The molecule has 3 fully saturated rings. The van der Waals surface area contributed by atoms with E-state index >= 15 is 0 Å². The number of hydrogen-bond donors (Lipinski definition) is 1. The lowest BCUT2D eigenvalue weighted by atomic mass is 9.73. The van der Waals surface area contributed by atoms with E-state index in [1.54, 1.807) is 24.3 Å². The second-order valence-corrected chi connectivity index (χ2v) is 17.0. The maximum absolute atomic E-state index is 14.9. The van der Waals surface area contributed by atoms with E-state index in [0.717, 1.165) is 12.5 Å². The maximum atomic E-state index is 14.9. The number of pyridine rings is 1. The number of benzene rings is 4. The van der Waals surface area contributed by atoms with Crippen molar-refractivity contribution >= 4 is 40.6 Å². The van der Waals surface area contributed by atoms with Gasteiger partial charge in [-0.1, -0.05) is 24.3 Å². The minimum absolute atomic E-state index is 0.142. The quantitative estimate of drug-likeness (QED) is 0.0911. The van der Waals surface area contributed by atoms with Crippen molar-refractivity contribution in [1.82, 2.24) is 15.2 Å². The van der Waals surface area contributed by atoms with Crippen LogP contribution in [0, 0.1) is 11.8 Å². The van der Waals surface area contributed by atoms with Crippen molar-refractivity contribution < 1.29 is 62.2 Å². The van der Waals surface area contributed by atoms with Crippen LogP contribution in [0.3, 0.4) is 0 Å². The van der Waals surface area contributed by atoms with Crippen LogP contribution in [0.25, 0.3) is 10.9 Å². The summed E-state index contributed by atoms with van der Waals surface area (Å²) in [5, 5.41) is 1.40. The van der Waals surface area contributed by atoms with Crippen LogP contribution in [0.4, 0.5) is 52.7 Å². The third-order valence-electron chi connectivity index (χ3n) is 11.2. The van der Waals surface area contributed by atoms with Gasteiger partial charge in [0.15, 0.2) is 0 Å². The number of alkyl halides is 12. The number of ether oxygens (including phenoxy) is 1. The van der Waals surface area contributed by atoms with Crippen molar-refractivity contribution in [2.75, 3.05) is 20.2 Å². The summed E-state index contributed by atoms with van der Waals surface area (Å²) in [5.41, 5.74) is -6.71. The molecule has 1 aromatic heterocycles. The molecule has 322 valence electrons. The molecule has 1 N–H and O–H groups in total. The molecule has 0 radical (unpaired) electrons. The molecule has 5 nitrogen and oxygen atoms in total. The molecule has 3 saturated heterocycles. The number of carbonyl (C=O) groups is 1. The maximum Gasteiger partial charge on any atom is 0.416 e. The number of piperidine rings is 3. The number of fused-ring (bicyclic) bond motifs is 4. The number of methoxy groups -OCH3 is 1. The molecule has 61 heavy (non-hydrogen) atoms. The Labute approximate surface area is 342 Å². The highest BCUT2D eigenvalue weighted by molar-refractivity contribution is 7.80. The summed E-state index contributed by atoms with van der Waals surface area (Å²) in [6.07, 6.45) is -16.9. The second-order valence-electron chi connectivity index (χ2n) is 14.9. The first kappa shape index (κ1) is 43.9. The molecule has 0 spiro atoms. The molecule has 5 atom stereocenters. The summed E-state index contributed by atoms with van der Waals surface area (Å²) in [6, 6.07) is 11.0. The minimum atomic E-state index is -5.43. The van der Waals surface area contributed by atoms with Crippen molar-refractivity contribution in [2.24, 2.45) is 11.8 Å². The Kier molecular flexibility index (Phi) is 11.7. The van der Waals surface area contributed by atoms with Gasteiger partial charge < -0.3 is 10.1 Å². The fourth-order valence-electron chi connectivity index (χ4n) is 8.29. The van der Waals surface area contributed by atoms with Gasteiger partial charge >= 0.3 is 24.7 Å². The van der Waals surface area contributed by atoms with E-state index in [-0.39, 0.29) is 54.3 Å². The van der Waals surface area contributed by atoms with E-state index in [1.165, 1.54) is 31.5 Å². The Morgan fingerprint density at radius 3 is 1.85 bits per heavy atom. The summed E-state index contributed by atoms with van der Waals surface area (Å²) >= 11 is 0. The molecule has 5 aromatic rings. The van der Waals surface area contributed by atoms with Gasteiger partial charge in [0.1, 0.15) is 5.75 Å². The lowest BCUT2D eigenvalue weighted by Gasteiger charge is -2.51. The average Bonchev–Trinajstić information content (AvgIpc) is 3.21. The Morgan fingerprint density at radius 2 is 1.36 bits per heavy atom. The van der Waals surface area contributed by atoms with Gasteiger partial charge in [-0.05, 0) is 127 Å². The predicted molar refractivity (Wildman–Crippen MR) is 205 cm³/mol. The molecule has 3 aliphatic heterocycles. The number of hydrogen-bond acceptors (Lipinski definition) is 4. The minimum Gasteiger partial charge on any atom is -0.497 e. The molecule has 4 heterocycles. The van der Waals surface area contributed by atoms with Crippen LogP contribution in [-0.4, -0.2) is 42.0 Å². The zero-order valence-corrected chi connectivity index (χ0v) is 32.7. The van der Waals surface area contributed by atoms with Crippen LogP contribution >= 0.6 is 7.92 Å². The molecule has 3 aliphatic rings. The standard InChI is InChI=1S/C43H34F12N3O2P/c1-3-23-22-58-13-11-24(23)14-36(58)38(32-10-12-56-35-9-8-29(60-2)21-34(32)35)57-39(59)33-6-4-5-7-37(33)61(30-17-25(40(44,45)46)15-26(18-30)41(47,48)49)31-19-27(42(50,51)52)16-28(20-31)43(53,54)55/h3-10,12,15-21,23-24,36,38H,1,11,13-14,22H2,2H3,(H,57,59)/t23?,24?,36?,38-/m0/s1. The summed E-state index contributed by atoms with van der Waals surface area (Å²) < 4.78 is 177. The van der Waals surface area contributed by atoms with Gasteiger partial charge in [-0.2, -0.15) is 52.7 Å². The highest BCUT2D eigenvalue weighted by atomic mass is 31.1. The zero-order chi connectivity index (χ0) is 44.2. The number of aromatic nitrogens is 1. The van der Waals surface area contributed by atoms with Crippen molar-refractivity contribution in [2.45, 2.75) is 49.6 Å². The summed E-state index contributed by atoms with van der Waals surface area (Å²) in [6.45, 7) is 5.20. The van der Waals surface area contributed by atoms with Gasteiger partial charge in [0.25, 0.3) is 5.91 Å². The van der Waals surface area contributed by atoms with Crippen LogP contribution in [0.15, 0.2) is 104 Å². The Morgan fingerprint density at radius 1 is 0.803 bits per heavy atom. The van der Waals surface area contributed by atoms with Crippen molar-refractivity contribution in [3.63, 3.8) is 0 Å². The first-order valence-corrected chi connectivity index (χ1v) is 20.0.